The molecule has 2 heterocycles. The first-order valence-electron chi connectivity index (χ1n) is 10.1. The van der Waals surface area contributed by atoms with Crippen molar-refractivity contribution >= 4 is 11.9 Å². The van der Waals surface area contributed by atoms with Gasteiger partial charge in [-0.15, -0.1) is 6.58 Å². The van der Waals surface area contributed by atoms with Gasteiger partial charge in [0.25, 0.3) is 5.91 Å². The normalized spacial score (nSPS) is 17.9. The van der Waals surface area contributed by atoms with E-state index in [9.17, 15) is 14.0 Å². The van der Waals surface area contributed by atoms with E-state index in [1.54, 1.807) is 48.4 Å². The minimum atomic E-state index is -0.700. The summed E-state index contributed by atoms with van der Waals surface area (Å²) in [4.78, 5) is 29.7. The van der Waals surface area contributed by atoms with E-state index in [1.807, 2.05) is 0 Å². The molecule has 2 aromatic carbocycles. The number of carbonyl (C=O) groups is 2. The molecule has 1 atom stereocenters. The lowest BCUT2D eigenvalue weighted by atomic mass is 9.94. The standard InChI is InChI=1S/C24H24FN3O4/c1-4-11-28-19-14-27(13-15-5-7-16(25)8-6-15)23(29)21(19)22(26-24(28)30)18-12-17(31-2)9-10-20(18)32-3/h4-10,12,22H,1,11,13-14H2,2-3H3,(H,26,30)/t22-/m0/s1. The zero-order valence-corrected chi connectivity index (χ0v) is 17.9. The van der Waals surface area contributed by atoms with Gasteiger partial charge >= 0.3 is 6.03 Å². The molecule has 8 heteroatoms. The summed E-state index contributed by atoms with van der Waals surface area (Å²) in [6.07, 6.45) is 1.61. The Balaban J connectivity index is 1.75. The molecule has 0 saturated heterocycles. The Kier molecular flexibility index (Phi) is 5.85. The fourth-order valence-electron chi connectivity index (χ4n) is 4.11. The molecule has 0 saturated carbocycles. The van der Waals surface area contributed by atoms with E-state index < -0.39 is 6.04 Å². The highest BCUT2D eigenvalue weighted by atomic mass is 19.1. The summed E-state index contributed by atoms with van der Waals surface area (Å²) in [6, 6.07) is 10.2. The van der Waals surface area contributed by atoms with Crippen LogP contribution in [0.1, 0.15) is 17.2 Å². The largest absolute Gasteiger partial charge is 0.497 e. The van der Waals surface area contributed by atoms with E-state index in [0.717, 1.165) is 5.56 Å². The summed E-state index contributed by atoms with van der Waals surface area (Å²) in [6.45, 7) is 4.55. The minimum absolute atomic E-state index is 0.201. The Morgan fingerprint density at radius 1 is 1.16 bits per heavy atom. The Morgan fingerprint density at radius 2 is 1.91 bits per heavy atom. The second-order valence-corrected chi connectivity index (χ2v) is 7.54. The van der Waals surface area contributed by atoms with Crippen molar-refractivity contribution in [1.29, 1.82) is 0 Å². The van der Waals surface area contributed by atoms with Crippen molar-refractivity contribution in [3.8, 4) is 11.5 Å². The Morgan fingerprint density at radius 3 is 2.56 bits per heavy atom. The van der Waals surface area contributed by atoms with Gasteiger partial charge in [-0.2, -0.15) is 0 Å². The van der Waals surface area contributed by atoms with Crippen molar-refractivity contribution < 1.29 is 23.5 Å². The molecule has 0 radical (unpaired) electrons. The number of benzene rings is 2. The predicted octanol–water partition coefficient (Wildman–Crippen LogP) is 3.39. The van der Waals surface area contributed by atoms with Gasteiger partial charge in [0, 0.05) is 18.7 Å². The van der Waals surface area contributed by atoms with Gasteiger partial charge in [0.1, 0.15) is 17.3 Å². The van der Waals surface area contributed by atoms with Crippen molar-refractivity contribution in [3.63, 3.8) is 0 Å². The molecule has 0 spiro atoms. The molecule has 2 aromatic rings. The van der Waals surface area contributed by atoms with Crippen LogP contribution in [0.5, 0.6) is 11.5 Å². The third-order valence-electron chi connectivity index (χ3n) is 5.64. The fraction of sp³-hybridized carbons (Fsp3) is 0.250. The first kappa shape index (κ1) is 21.4. The first-order valence-corrected chi connectivity index (χ1v) is 10.1. The van der Waals surface area contributed by atoms with E-state index in [0.29, 0.717) is 34.9 Å². The highest BCUT2D eigenvalue weighted by Crippen LogP contribution is 2.41. The second-order valence-electron chi connectivity index (χ2n) is 7.54. The number of rotatable bonds is 7. The molecule has 0 aliphatic carbocycles. The van der Waals surface area contributed by atoms with Crippen LogP contribution in [0.15, 0.2) is 66.4 Å². The average Bonchev–Trinajstić information content (AvgIpc) is 3.12. The highest BCUT2D eigenvalue weighted by molar-refractivity contribution is 6.01. The molecular weight excluding hydrogens is 413 g/mol. The summed E-state index contributed by atoms with van der Waals surface area (Å²) >= 11 is 0. The van der Waals surface area contributed by atoms with E-state index >= 15 is 0 Å². The molecule has 166 valence electrons. The van der Waals surface area contributed by atoms with Crippen LogP contribution in [0.4, 0.5) is 9.18 Å². The molecule has 2 aliphatic heterocycles. The lowest BCUT2D eigenvalue weighted by molar-refractivity contribution is -0.126. The summed E-state index contributed by atoms with van der Waals surface area (Å²) in [5, 5.41) is 2.94. The van der Waals surface area contributed by atoms with Gasteiger partial charge in [-0.3, -0.25) is 9.69 Å². The molecule has 32 heavy (non-hydrogen) atoms. The topological polar surface area (TPSA) is 71.1 Å². The van der Waals surface area contributed by atoms with E-state index in [1.165, 1.54) is 24.1 Å². The Labute approximate surface area is 185 Å². The molecule has 1 N–H and O–H groups in total. The average molecular weight is 437 g/mol. The molecule has 0 bridgehead atoms. The number of nitrogens with zero attached hydrogens (tertiary/aromatic N) is 2. The number of hydrogen-bond donors (Lipinski definition) is 1. The smallest absolute Gasteiger partial charge is 0.322 e. The zero-order valence-electron chi connectivity index (χ0n) is 17.9. The van der Waals surface area contributed by atoms with Crippen molar-refractivity contribution in [2.75, 3.05) is 27.3 Å². The van der Waals surface area contributed by atoms with Gasteiger partial charge in [0.05, 0.1) is 38.1 Å². The number of amides is 3. The number of hydrogen-bond acceptors (Lipinski definition) is 4. The van der Waals surface area contributed by atoms with Crippen LogP contribution in [0.3, 0.4) is 0 Å². The quantitative estimate of drug-likeness (QED) is 0.674. The van der Waals surface area contributed by atoms with Crippen LogP contribution in [-0.4, -0.2) is 49.0 Å². The minimum Gasteiger partial charge on any atom is -0.497 e. The van der Waals surface area contributed by atoms with Crippen LogP contribution in [0.2, 0.25) is 0 Å². The zero-order chi connectivity index (χ0) is 22.8. The van der Waals surface area contributed by atoms with Gasteiger partial charge in [-0.1, -0.05) is 18.2 Å². The number of carbonyl (C=O) groups excluding carboxylic acids is 2. The second kappa shape index (κ2) is 8.74. The molecule has 2 aliphatic rings. The van der Waals surface area contributed by atoms with Crippen molar-refractivity contribution in [1.82, 2.24) is 15.1 Å². The Bertz CT molecular complexity index is 1100. The lowest BCUT2D eigenvalue weighted by Crippen LogP contribution is -2.47. The van der Waals surface area contributed by atoms with E-state index in [4.69, 9.17) is 9.47 Å². The molecule has 0 fully saturated rings. The monoisotopic (exact) mass is 437 g/mol. The van der Waals surface area contributed by atoms with E-state index in [2.05, 4.69) is 11.9 Å². The summed E-state index contributed by atoms with van der Waals surface area (Å²) in [5.74, 6) is 0.577. The number of nitrogens with one attached hydrogen (secondary N) is 1. The van der Waals surface area contributed by atoms with E-state index in [-0.39, 0.29) is 30.8 Å². The van der Waals surface area contributed by atoms with Crippen LogP contribution < -0.4 is 14.8 Å². The van der Waals surface area contributed by atoms with Gasteiger partial charge in [0.2, 0.25) is 0 Å². The van der Waals surface area contributed by atoms with Crippen molar-refractivity contribution in [3.05, 3.63) is 83.3 Å². The van der Waals surface area contributed by atoms with Crippen molar-refractivity contribution in [2.24, 2.45) is 0 Å². The Hall–Kier alpha value is -3.81. The maximum absolute atomic E-state index is 13.5. The fourth-order valence-corrected chi connectivity index (χ4v) is 4.11. The van der Waals surface area contributed by atoms with Crippen molar-refractivity contribution in [2.45, 2.75) is 12.6 Å². The number of methoxy groups -OCH3 is 2. The van der Waals surface area contributed by atoms with Gasteiger partial charge in [0.15, 0.2) is 0 Å². The van der Waals surface area contributed by atoms with Gasteiger partial charge in [-0.25, -0.2) is 9.18 Å². The summed E-state index contributed by atoms with van der Waals surface area (Å²) in [7, 11) is 3.08. The first-order chi connectivity index (χ1) is 15.5. The van der Waals surface area contributed by atoms with Crippen LogP contribution in [0.25, 0.3) is 0 Å². The maximum atomic E-state index is 13.5. The maximum Gasteiger partial charge on any atom is 0.322 e. The SMILES string of the molecule is C=CCN1C(=O)N[C@@H](c2cc(OC)ccc2OC)C2=C1CN(Cc1ccc(F)cc1)C2=O. The summed E-state index contributed by atoms with van der Waals surface area (Å²) < 4.78 is 24.1. The summed E-state index contributed by atoms with van der Waals surface area (Å²) in [5.41, 5.74) is 2.52. The highest BCUT2D eigenvalue weighted by Gasteiger charge is 2.44. The third kappa shape index (κ3) is 3.79. The van der Waals surface area contributed by atoms with Crippen LogP contribution >= 0.6 is 0 Å². The van der Waals surface area contributed by atoms with Gasteiger partial charge < -0.3 is 19.7 Å². The number of ether oxygens (including phenoxy) is 2. The third-order valence-corrected chi connectivity index (χ3v) is 5.64. The number of urea groups is 1. The van der Waals surface area contributed by atoms with Gasteiger partial charge in [-0.05, 0) is 35.9 Å². The number of halogens is 1. The molecule has 0 unspecified atom stereocenters. The molecular formula is C24H24FN3O4. The molecule has 4 rings (SSSR count). The van der Waals surface area contributed by atoms with Crippen LogP contribution in [-0.2, 0) is 11.3 Å². The molecule has 7 nitrogen and oxygen atoms in total. The predicted molar refractivity (Wildman–Crippen MR) is 117 cm³/mol. The van der Waals surface area contributed by atoms with Crippen LogP contribution in [0, 0.1) is 5.82 Å². The molecule has 3 amide bonds. The lowest BCUT2D eigenvalue weighted by Gasteiger charge is -2.33. The molecule has 0 aromatic heterocycles.